The highest BCUT2D eigenvalue weighted by Crippen LogP contribution is 2.17. The Morgan fingerprint density at radius 3 is 2.32 bits per heavy atom. The Balaban J connectivity index is 1.54. The second kappa shape index (κ2) is 8.65. The van der Waals surface area contributed by atoms with E-state index in [1.54, 1.807) is 29.2 Å². The molecule has 2 N–H and O–H groups in total. The maximum atomic E-state index is 13.0. The number of nitrogens with zero attached hydrogens (tertiary/aromatic N) is 1. The molecule has 3 rings (SSSR count). The molecule has 0 unspecified atom stereocenters. The number of benzene rings is 2. The highest BCUT2D eigenvalue weighted by atomic mass is 19.1. The molecule has 1 aliphatic rings. The van der Waals surface area contributed by atoms with Gasteiger partial charge in [-0.05, 0) is 55.3 Å². The number of piperidine rings is 1. The highest BCUT2D eigenvalue weighted by molar-refractivity contribution is 5.97. The third-order valence-electron chi connectivity index (χ3n) is 4.65. The van der Waals surface area contributed by atoms with Gasteiger partial charge in [0.2, 0.25) is 5.91 Å². The maximum absolute atomic E-state index is 13.0. The zero-order chi connectivity index (χ0) is 20.1. The molecule has 2 aromatic rings. The minimum Gasteiger partial charge on any atom is -0.349 e. The highest BCUT2D eigenvalue weighted by Gasteiger charge is 2.25. The zero-order valence-corrected chi connectivity index (χ0v) is 15.6. The van der Waals surface area contributed by atoms with Crippen molar-refractivity contribution in [1.82, 2.24) is 10.2 Å². The Kier molecular flexibility index (Phi) is 6.03. The molecule has 6 nitrogen and oxygen atoms in total. The van der Waals surface area contributed by atoms with Crippen molar-refractivity contribution in [3.05, 3.63) is 65.5 Å². The first kappa shape index (κ1) is 19.5. The molecule has 28 heavy (non-hydrogen) atoms. The standard InChI is InChI=1S/C21H22FN3O3/c1-14(26)23-19-4-2-3-16(13-19)21(28)25-11-9-18(10-12-25)24-20(27)15-5-7-17(22)8-6-15/h2-8,13,18H,9-12H2,1H3,(H,23,26)(H,24,27). The summed E-state index contributed by atoms with van der Waals surface area (Å²) in [5, 5.41) is 5.61. The monoisotopic (exact) mass is 383 g/mol. The van der Waals surface area contributed by atoms with Crippen molar-refractivity contribution in [1.29, 1.82) is 0 Å². The van der Waals surface area contributed by atoms with E-state index >= 15 is 0 Å². The van der Waals surface area contributed by atoms with Crippen LogP contribution in [0.4, 0.5) is 10.1 Å². The van der Waals surface area contributed by atoms with Gasteiger partial charge in [0.15, 0.2) is 0 Å². The van der Waals surface area contributed by atoms with E-state index < -0.39 is 0 Å². The topological polar surface area (TPSA) is 78.5 Å². The van der Waals surface area contributed by atoms with Gasteiger partial charge in [-0.1, -0.05) is 6.07 Å². The van der Waals surface area contributed by atoms with Gasteiger partial charge in [0, 0.05) is 42.9 Å². The van der Waals surface area contributed by atoms with Gasteiger partial charge in [-0.25, -0.2) is 4.39 Å². The van der Waals surface area contributed by atoms with E-state index in [9.17, 15) is 18.8 Å². The van der Waals surface area contributed by atoms with E-state index in [0.29, 0.717) is 42.7 Å². The Labute approximate surface area is 162 Å². The lowest BCUT2D eigenvalue weighted by molar-refractivity contribution is -0.114. The normalized spacial score (nSPS) is 14.4. The molecule has 0 spiro atoms. The van der Waals surface area contributed by atoms with Crippen molar-refractivity contribution in [2.24, 2.45) is 0 Å². The van der Waals surface area contributed by atoms with Gasteiger partial charge in [-0.15, -0.1) is 0 Å². The number of carbonyl (C=O) groups excluding carboxylic acids is 3. The molecule has 3 amide bonds. The van der Waals surface area contributed by atoms with Crippen molar-refractivity contribution >= 4 is 23.4 Å². The average Bonchev–Trinajstić information content (AvgIpc) is 2.68. The van der Waals surface area contributed by atoms with Gasteiger partial charge < -0.3 is 15.5 Å². The number of anilines is 1. The molecule has 1 heterocycles. The van der Waals surface area contributed by atoms with Gasteiger partial charge in [-0.3, -0.25) is 14.4 Å². The molecule has 7 heteroatoms. The largest absolute Gasteiger partial charge is 0.349 e. The van der Waals surface area contributed by atoms with E-state index in [1.165, 1.54) is 31.2 Å². The number of hydrogen-bond acceptors (Lipinski definition) is 3. The predicted molar refractivity (Wildman–Crippen MR) is 104 cm³/mol. The quantitative estimate of drug-likeness (QED) is 0.852. The summed E-state index contributed by atoms with van der Waals surface area (Å²) >= 11 is 0. The van der Waals surface area contributed by atoms with E-state index in [2.05, 4.69) is 10.6 Å². The minimum absolute atomic E-state index is 0.0349. The number of likely N-dealkylation sites (tertiary alicyclic amines) is 1. The summed E-state index contributed by atoms with van der Waals surface area (Å²) in [6.45, 7) is 2.47. The molecule has 0 radical (unpaired) electrons. The minimum atomic E-state index is -0.383. The molecule has 1 saturated heterocycles. The fourth-order valence-corrected chi connectivity index (χ4v) is 3.21. The van der Waals surface area contributed by atoms with Crippen molar-refractivity contribution in [3.63, 3.8) is 0 Å². The molecule has 0 aliphatic carbocycles. The van der Waals surface area contributed by atoms with Crippen LogP contribution in [0.5, 0.6) is 0 Å². The second-order valence-electron chi connectivity index (χ2n) is 6.81. The van der Waals surface area contributed by atoms with Crippen LogP contribution in [0.2, 0.25) is 0 Å². The number of nitrogens with one attached hydrogen (secondary N) is 2. The predicted octanol–water partition coefficient (Wildman–Crippen LogP) is 2.82. The molecular formula is C21H22FN3O3. The van der Waals surface area contributed by atoms with Gasteiger partial charge in [0.1, 0.15) is 5.82 Å². The Bertz CT molecular complexity index is 875. The van der Waals surface area contributed by atoms with Crippen LogP contribution >= 0.6 is 0 Å². The van der Waals surface area contributed by atoms with E-state index in [0.717, 1.165) is 0 Å². The molecule has 1 aliphatic heterocycles. The summed E-state index contributed by atoms with van der Waals surface area (Å²) in [5.41, 5.74) is 1.51. The Morgan fingerprint density at radius 2 is 1.68 bits per heavy atom. The van der Waals surface area contributed by atoms with Crippen LogP contribution in [0, 0.1) is 5.82 Å². The maximum Gasteiger partial charge on any atom is 0.253 e. The lowest BCUT2D eigenvalue weighted by Crippen LogP contribution is -2.46. The SMILES string of the molecule is CC(=O)Nc1cccc(C(=O)N2CCC(NC(=O)c3ccc(F)cc3)CC2)c1. The van der Waals surface area contributed by atoms with Crippen molar-refractivity contribution < 1.29 is 18.8 Å². The third-order valence-corrected chi connectivity index (χ3v) is 4.65. The van der Waals surface area contributed by atoms with Gasteiger partial charge >= 0.3 is 0 Å². The van der Waals surface area contributed by atoms with Gasteiger partial charge in [-0.2, -0.15) is 0 Å². The Hall–Kier alpha value is -3.22. The molecule has 2 aromatic carbocycles. The lowest BCUT2D eigenvalue weighted by Gasteiger charge is -2.32. The third kappa shape index (κ3) is 4.94. The van der Waals surface area contributed by atoms with Crippen LogP contribution in [0.25, 0.3) is 0 Å². The van der Waals surface area contributed by atoms with Crippen molar-refractivity contribution in [2.45, 2.75) is 25.8 Å². The average molecular weight is 383 g/mol. The molecule has 0 saturated carbocycles. The van der Waals surface area contributed by atoms with Crippen LogP contribution in [-0.4, -0.2) is 41.8 Å². The number of hydrogen-bond donors (Lipinski definition) is 2. The van der Waals surface area contributed by atoms with E-state index in [-0.39, 0.29) is 29.6 Å². The number of carbonyl (C=O) groups is 3. The van der Waals surface area contributed by atoms with E-state index in [4.69, 9.17) is 0 Å². The van der Waals surface area contributed by atoms with Crippen LogP contribution in [0.15, 0.2) is 48.5 Å². The molecule has 146 valence electrons. The van der Waals surface area contributed by atoms with Crippen LogP contribution in [0.1, 0.15) is 40.5 Å². The first-order valence-corrected chi connectivity index (χ1v) is 9.16. The first-order chi connectivity index (χ1) is 13.4. The molecule has 0 bridgehead atoms. The van der Waals surface area contributed by atoms with Gasteiger partial charge in [0.25, 0.3) is 11.8 Å². The summed E-state index contributed by atoms with van der Waals surface area (Å²) in [5.74, 6) is -0.920. The van der Waals surface area contributed by atoms with Gasteiger partial charge in [0.05, 0.1) is 0 Å². The number of amides is 3. The first-order valence-electron chi connectivity index (χ1n) is 9.16. The summed E-state index contributed by atoms with van der Waals surface area (Å²) in [6, 6.07) is 12.2. The smallest absolute Gasteiger partial charge is 0.253 e. The van der Waals surface area contributed by atoms with Crippen LogP contribution < -0.4 is 10.6 Å². The Morgan fingerprint density at radius 1 is 1.00 bits per heavy atom. The van der Waals surface area contributed by atoms with Crippen LogP contribution in [0.3, 0.4) is 0 Å². The van der Waals surface area contributed by atoms with Crippen molar-refractivity contribution in [3.8, 4) is 0 Å². The van der Waals surface area contributed by atoms with Crippen LogP contribution in [-0.2, 0) is 4.79 Å². The fourth-order valence-electron chi connectivity index (χ4n) is 3.21. The molecule has 1 fully saturated rings. The molecular weight excluding hydrogens is 361 g/mol. The van der Waals surface area contributed by atoms with E-state index in [1.807, 2.05) is 0 Å². The molecule has 0 aromatic heterocycles. The summed E-state index contributed by atoms with van der Waals surface area (Å²) in [7, 11) is 0. The number of rotatable bonds is 4. The summed E-state index contributed by atoms with van der Waals surface area (Å²) in [6.07, 6.45) is 1.29. The number of halogens is 1. The zero-order valence-electron chi connectivity index (χ0n) is 15.6. The fraction of sp³-hybridized carbons (Fsp3) is 0.286. The summed E-state index contributed by atoms with van der Waals surface area (Å²) in [4.78, 5) is 37.9. The lowest BCUT2D eigenvalue weighted by atomic mass is 10.0. The summed E-state index contributed by atoms with van der Waals surface area (Å²) < 4.78 is 13.0. The molecule has 0 atom stereocenters. The second-order valence-corrected chi connectivity index (χ2v) is 6.81. The van der Waals surface area contributed by atoms with Crippen molar-refractivity contribution in [2.75, 3.05) is 18.4 Å².